The Labute approximate surface area is 122 Å². The maximum atomic E-state index is 11.2. The molecule has 0 aliphatic carbocycles. The van der Waals surface area contributed by atoms with E-state index in [9.17, 15) is 9.90 Å². The highest BCUT2D eigenvalue weighted by Crippen LogP contribution is 2.27. The fourth-order valence-corrected chi connectivity index (χ4v) is 2.56. The smallest absolute Gasteiger partial charge is 0.308 e. The molecular weight excluding hydrogens is 250 g/mol. The van der Waals surface area contributed by atoms with Gasteiger partial charge in [0.1, 0.15) is 0 Å². The molecule has 0 fully saturated rings. The summed E-state index contributed by atoms with van der Waals surface area (Å²) in [5.74, 6) is -0.594. The number of carboxylic acids is 1. The minimum absolute atomic E-state index is 0.363. The van der Waals surface area contributed by atoms with Gasteiger partial charge in [-0.1, -0.05) is 45.9 Å². The molecule has 0 amide bonds. The van der Waals surface area contributed by atoms with Crippen molar-refractivity contribution in [3.63, 3.8) is 0 Å². The van der Waals surface area contributed by atoms with Crippen LogP contribution < -0.4 is 4.90 Å². The maximum absolute atomic E-state index is 11.2. The summed E-state index contributed by atoms with van der Waals surface area (Å²) in [5, 5.41) is 9.18. The first-order valence-electron chi connectivity index (χ1n) is 7.43. The van der Waals surface area contributed by atoms with Gasteiger partial charge in [-0.25, -0.2) is 0 Å². The van der Waals surface area contributed by atoms with E-state index in [-0.39, 0.29) is 5.92 Å². The molecule has 0 heterocycles. The average molecular weight is 277 g/mol. The Kier molecular flexibility index (Phi) is 6.05. The predicted octanol–water partition coefficient (Wildman–Crippen LogP) is 3.74. The summed E-state index contributed by atoms with van der Waals surface area (Å²) in [6.45, 7) is 11.8. The van der Waals surface area contributed by atoms with E-state index in [2.05, 4.69) is 50.8 Å². The minimum Gasteiger partial charge on any atom is -0.481 e. The van der Waals surface area contributed by atoms with Crippen LogP contribution in [0.15, 0.2) is 18.2 Å². The van der Waals surface area contributed by atoms with E-state index < -0.39 is 5.97 Å². The summed E-state index contributed by atoms with van der Waals surface area (Å²) in [6, 6.07) is 6.32. The lowest BCUT2D eigenvalue weighted by Crippen LogP contribution is -2.35. The second-order valence-electron chi connectivity index (χ2n) is 5.97. The molecule has 0 aromatic heterocycles. The number of nitrogens with zero attached hydrogens (tertiary/aromatic N) is 1. The van der Waals surface area contributed by atoms with Gasteiger partial charge >= 0.3 is 5.97 Å². The van der Waals surface area contributed by atoms with Crippen LogP contribution in [0.5, 0.6) is 0 Å². The standard InChI is InChI=1S/C17H27NO2/c1-6-15-9-7-8-13(4)16(15)18(10-12(2)3)11-14(5)17(19)20/h7-9,12,14H,6,10-11H2,1-5H3,(H,19,20). The van der Waals surface area contributed by atoms with Crippen molar-refractivity contribution < 1.29 is 9.90 Å². The van der Waals surface area contributed by atoms with Gasteiger partial charge in [0.15, 0.2) is 0 Å². The largest absolute Gasteiger partial charge is 0.481 e. The lowest BCUT2D eigenvalue weighted by molar-refractivity contribution is -0.140. The number of aryl methyl sites for hydroxylation is 2. The fraction of sp³-hybridized carbons (Fsp3) is 0.588. The second-order valence-corrected chi connectivity index (χ2v) is 5.97. The fourth-order valence-electron chi connectivity index (χ4n) is 2.56. The number of anilines is 1. The highest BCUT2D eigenvalue weighted by atomic mass is 16.4. The van der Waals surface area contributed by atoms with Crippen LogP contribution in [0.2, 0.25) is 0 Å². The summed E-state index contributed by atoms with van der Waals surface area (Å²) >= 11 is 0. The lowest BCUT2D eigenvalue weighted by atomic mass is 10.0. The third-order valence-electron chi connectivity index (χ3n) is 3.52. The third-order valence-corrected chi connectivity index (χ3v) is 3.52. The SMILES string of the molecule is CCc1cccc(C)c1N(CC(C)C)CC(C)C(=O)O. The minimum atomic E-state index is -0.731. The number of hydrogen-bond acceptors (Lipinski definition) is 2. The zero-order chi connectivity index (χ0) is 15.3. The van der Waals surface area contributed by atoms with Crippen LogP contribution in [0.25, 0.3) is 0 Å². The zero-order valence-electron chi connectivity index (χ0n) is 13.3. The average Bonchev–Trinajstić information content (AvgIpc) is 2.36. The van der Waals surface area contributed by atoms with Gasteiger partial charge in [0.25, 0.3) is 0 Å². The van der Waals surface area contributed by atoms with E-state index in [0.29, 0.717) is 12.5 Å². The Bertz CT molecular complexity index is 454. The number of carboxylic acid groups (broad SMARTS) is 1. The first-order chi connectivity index (χ1) is 9.36. The monoisotopic (exact) mass is 277 g/mol. The lowest BCUT2D eigenvalue weighted by Gasteiger charge is -2.31. The van der Waals surface area contributed by atoms with Crippen LogP contribution in [-0.2, 0) is 11.2 Å². The van der Waals surface area contributed by atoms with E-state index in [1.54, 1.807) is 6.92 Å². The molecule has 3 nitrogen and oxygen atoms in total. The summed E-state index contributed by atoms with van der Waals surface area (Å²) in [6.07, 6.45) is 0.965. The summed E-state index contributed by atoms with van der Waals surface area (Å²) in [4.78, 5) is 13.4. The molecule has 1 aromatic rings. The normalized spacial score (nSPS) is 12.5. The number of carbonyl (C=O) groups is 1. The van der Waals surface area contributed by atoms with Gasteiger partial charge in [-0.3, -0.25) is 4.79 Å². The molecule has 1 atom stereocenters. The molecule has 1 N–H and O–H groups in total. The van der Waals surface area contributed by atoms with Crippen molar-refractivity contribution in [2.24, 2.45) is 11.8 Å². The summed E-state index contributed by atoms with van der Waals surface area (Å²) in [7, 11) is 0. The van der Waals surface area contributed by atoms with Crippen LogP contribution in [0.1, 0.15) is 38.8 Å². The van der Waals surface area contributed by atoms with Crippen LogP contribution in [0, 0.1) is 18.8 Å². The molecule has 1 unspecified atom stereocenters. The molecule has 1 aromatic carbocycles. The van der Waals surface area contributed by atoms with Crippen molar-refractivity contribution in [2.45, 2.75) is 41.0 Å². The van der Waals surface area contributed by atoms with Crippen molar-refractivity contribution in [3.05, 3.63) is 29.3 Å². The van der Waals surface area contributed by atoms with Crippen LogP contribution in [-0.4, -0.2) is 24.2 Å². The quantitative estimate of drug-likeness (QED) is 0.825. The molecule has 0 radical (unpaired) electrons. The van der Waals surface area contributed by atoms with Crippen molar-refractivity contribution in [2.75, 3.05) is 18.0 Å². The Morgan fingerprint density at radius 3 is 2.40 bits per heavy atom. The molecule has 112 valence electrons. The molecule has 20 heavy (non-hydrogen) atoms. The van der Waals surface area contributed by atoms with Gasteiger partial charge in [-0.2, -0.15) is 0 Å². The third kappa shape index (κ3) is 4.26. The Hall–Kier alpha value is -1.51. The topological polar surface area (TPSA) is 40.5 Å². The second kappa shape index (κ2) is 7.32. The molecule has 0 aliphatic heterocycles. The van der Waals surface area contributed by atoms with E-state index in [1.165, 1.54) is 16.8 Å². The molecule has 0 aliphatic rings. The van der Waals surface area contributed by atoms with Crippen molar-refractivity contribution in [1.82, 2.24) is 0 Å². The molecular formula is C17H27NO2. The number of benzene rings is 1. The Morgan fingerprint density at radius 1 is 1.25 bits per heavy atom. The van der Waals surface area contributed by atoms with Crippen LogP contribution >= 0.6 is 0 Å². The molecule has 0 saturated carbocycles. The Morgan fingerprint density at radius 2 is 1.90 bits per heavy atom. The van der Waals surface area contributed by atoms with Gasteiger partial charge in [-0.15, -0.1) is 0 Å². The first kappa shape index (κ1) is 16.5. The van der Waals surface area contributed by atoms with Gasteiger partial charge in [0, 0.05) is 18.8 Å². The molecule has 0 saturated heterocycles. The first-order valence-corrected chi connectivity index (χ1v) is 7.43. The highest BCUT2D eigenvalue weighted by Gasteiger charge is 2.20. The summed E-state index contributed by atoms with van der Waals surface area (Å²) < 4.78 is 0. The maximum Gasteiger partial charge on any atom is 0.308 e. The Balaban J connectivity index is 3.13. The number of aliphatic carboxylic acids is 1. The van der Waals surface area contributed by atoms with E-state index in [4.69, 9.17) is 0 Å². The number of para-hydroxylation sites is 1. The van der Waals surface area contributed by atoms with E-state index >= 15 is 0 Å². The van der Waals surface area contributed by atoms with Gasteiger partial charge in [0.2, 0.25) is 0 Å². The number of hydrogen-bond donors (Lipinski definition) is 1. The molecule has 1 rings (SSSR count). The van der Waals surface area contributed by atoms with E-state index in [1.807, 2.05) is 0 Å². The zero-order valence-corrected chi connectivity index (χ0v) is 13.3. The van der Waals surface area contributed by atoms with Crippen molar-refractivity contribution >= 4 is 11.7 Å². The van der Waals surface area contributed by atoms with Gasteiger partial charge in [0.05, 0.1) is 5.92 Å². The van der Waals surface area contributed by atoms with E-state index in [0.717, 1.165) is 13.0 Å². The number of rotatable bonds is 7. The highest BCUT2D eigenvalue weighted by molar-refractivity contribution is 5.71. The van der Waals surface area contributed by atoms with Gasteiger partial charge in [-0.05, 0) is 30.4 Å². The summed E-state index contributed by atoms with van der Waals surface area (Å²) in [5.41, 5.74) is 3.74. The van der Waals surface area contributed by atoms with Gasteiger partial charge < -0.3 is 10.0 Å². The van der Waals surface area contributed by atoms with Crippen molar-refractivity contribution in [1.29, 1.82) is 0 Å². The molecule has 0 spiro atoms. The van der Waals surface area contributed by atoms with Crippen molar-refractivity contribution in [3.8, 4) is 0 Å². The molecule has 3 heteroatoms. The van der Waals surface area contributed by atoms with Crippen LogP contribution in [0.3, 0.4) is 0 Å². The van der Waals surface area contributed by atoms with Crippen LogP contribution in [0.4, 0.5) is 5.69 Å². The predicted molar refractivity (Wildman–Crippen MR) is 84.4 cm³/mol. The molecule has 0 bridgehead atoms.